The lowest BCUT2D eigenvalue weighted by atomic mass is 10.1. The molecule has 0 bridgehead atoms. The number of carboxylic acids is 1. The number of carboxylic acid groups (broad SMARTS) is 1. The average Bonchev–Trinajstić information content (AvgIpc) is 3.52. The highest BCUT2D eigenvalue weighted by Crippen LogP contribution is 2.37. The van der Waals surface area contributed by atoms with E-state index in [9.17, 15) is 4.79 Å². The molecule has 2 aromatic heterocycles. The highest BCUT2D eigenvalue weighted by atomic mass is 35.5. The second-order valence-electron chi connectivity index (χ2n) is 7.66. The Hall–Kier alpha value is -3.62. The van der Waals surface area contributed by atoms with Gasteiger partial charge in [-0.2, -0.15) is 0 Å². The third-order valence-corrected chi connectivity index (χ3v) is 5.84. The Morgan fingerprint density at radius 2 is 1.94 bits per heavy atom. The van der Waals surface area contributed by atoms with E-state index in [1.165, 1.54) is 6.07 Å². The van der Waals surface area contributed by atoms with Crippen molar-refractivity contribution in [2.45, 2.75) is 19.6 Å². The third-order valence-electron chi connectivity index (χ3n) is 5.48. The monoisotopic (exact) mass is 468 g/mol. The number of rotatable bonds is 8. The fraction of sp³-hybridized carbons (Fsp3) is 0.208. The molecule has 5 rings (SSSR count). The number of nitrogens with two attached hydrogens (primary N) is 1. The summed E-state index contributed by atoms with van der Waals surface area (Å²) in [6.07, 6.45) is 2.71. The van der Waals surface area contributed by atoms with Gasteiger partial charge >= 0.3 is 5.97 Å². The average molecular weight is 469 g/mol. The minimum absolute atomic E-state index is 0.0819. The van der Waals surface area contributed by atoms with Crippen LogP contribution in [0, 0.1) is 0 Å². The summed E-state index contributed by atoms with van der Waals surface area (Å²) in [5.41, 5.74) is 8.67. The molecule has 0 fully saturated rings. The van der Waals surface area contributed by atoms with E-state index in [0.29, 0.717) is 47.5 Å². The summed E-state index contributed by atoms with van der Waals surface area (Å²) in [7, 11) is 0. The van der Waals surface area contributed by atoms with Crippen LogP contribution in [0.2, 0.25) is 5.02 Å². The number of aromatic nitrogens is 1. The summed E-state index contributed by atoms with van der Waals surface area (Å²) in [4.78, 5) is 11.1. The molecule has 0 saturated carbocycles. The van der Waals surface area contributed by atoms with E-state index in [0.717, 1.165) is 22.0 Å². The number of halogens is 1. The summed E-state index contributed by atoms with van der Waals surface area (Å²) in [6, 6.07) is 12.5. The largest absolute Gasteiger partial charge is 0.489 e. The molecule has 8 nitrogen and oxygen atoms in total. The van der Waals surface area contributed by atoms with Crippen molar-refractivity contribution in [3.8, 4) is 17.2 Å². The molecule has 0 spiro atoms. The molecule has 3 heterocycles. The zero-order valence-corrected chi connectivity index (χ0v) is 18.3. The molecule has 1 aliphatic rings. The van der Waals surface area contributed by atoms with Gasteiger partial charge in [-0.1, -0.05) is 11.6 Å². The molecule has 4 aromatic rings. The van der Waals surface area contributed by atoms with E-state index in [4.69, 9.17) is 41.1 Å². The maximum Gasteiger partial charge on any atom is 0.371 e. The summed E-state index contributed by atoms with van der Waals surface area (Å²) in [5, 5.41) is 10.7. The zero-order chi connectivity index (χ0) is 22.9. The van der Waals surface area contributed by atoms with Crippen LogP contribution < -0.4 is 19.9 Å². The van der Waals surface area contributed by atoms with Crippen LogP contribution in [0.25, 0.3) is 10.9 Å². The minimum Gasteiger partial charge on any atom is -0.489 e. The maximum absolute atomic E-state index is 11.1. The second-order valence-corrected chi connectivity index (χ2v) is 8.06. The predicted molar refractivity (Wildman–Crippen MR) is 121 cm³/mol. The summed E-state index contributed by atoms with van der Waals surface area (Å²) in [5.74, 6) is 1.36. The van der Waals surface area contributed by atoms with Crippen molar-refractivity contribution in [1.29, 1.82) is 0 Å². The van der Waals surface area contributed by atoms with Crippen molar-refractivity contribution in [1.82, 2.24) is 4.57 Å². The van der Waals surface area contributed by atoms with Crippen molar-refractivity contribution >= 4 is 28.5 Å². The predicted octanol–water partition coefficient (Wildman–Crippen LogP) is 4.44. The standard InChI is InChI=1S/C24H21ClN2O6/c25-19-9-23-22(31-13-32-23)7-15(19)12-30-16-1-3-20-18(8-16)14(5-6-26)10-27(20)11-17-2-4-21(33-17)24(28)29/h1-4,7-10H,5-6,11-13,26H2,(H,28,29). The molecule has 3 N–H and O–H groups in total. The van der Waals surface area contributed by atoms with Gasteiger partial charge in [0.15, 0.2) is 11.5 Å². The van der Waals surface area contributed by atoms with Gasteiger partial charge in [-0.15, -0.1) is 0 Å². The fourth-order valence-corrected chi connectivity index (χ4v) is 4.11. The maximum atomic E-state index is 11.1. The van der Waals surface area contributed by atoms with Gasteiger partial charge in [0.25, 0.3) is 0 Å². The number of aromatic carboxylic acids is 1. The van der Waals surface area contributed by atoms with Gasteiger partial charge in [-0.25, -0.2) is 4.79 Å². The summed E-state index contributed by atoms with van der Waals surface area (Å²) >= 11 is 6.36. The molecule has 0 amide bonds. The van der Waals surface area contributed by atoms with Crippen LogP contribution in [-0.2, 0) is 19.6 Å². The van der Waals surface area contributed by atoms with E-state index in [1.807, 2.05) is 35.0 Å². The lowest BCUT2D eigenvalue weighted by molar-refractivity contribution is 0.0660. The number of benzene rings is 2. The number of hydrogen-bond acceptors (Lipinski definition) is 6. The molecular weight excluding hydrogens is 448 g/mol. The van der Waals surface area contributed by atoms with Gasteiger partial charge in [0.1, 0.15) is 18.1 Å². The van der Waals surface area contributed by atoms with Gasteiger partial charge in [0.05, 0.1) is 11.6 Å². The van der Waals surface area contributed by atoms with Crippen molar-refractivity contribution in [3.05, 3.63) is 76.3 Å². The molecular formula is C24H21ClN2O6. The van der Waals surface area contributed by atoms with Gasteiger partial charge in [0, 0.05) is 28.7 Å². The van der Waals surface area contributed by atoms with Crippen LogP contribution in [0.5, 0.6) is 17.2 Å². The molecule has 0 unspecified atom stereocenters. The molecule has 1 aliphatic heterocycles. The smallest absolute Gasteiger partial charge is 0.371 e. The first-order chi connectivity index (χ1) is 16.0. The highest BCUT2D eigenvalue weighted by molar-refractivity contribution is 6.31. The molecule has 0 radical (unpaired) electrons. The van der Waals surface area contributed by atoms with E-state index >= 15 is 0 Å². The molecule has 2 aromatic carbocycles. The Kier molecular flexibility index (Phi) is 5.62. The topological polar surface area (TPSA) is 109 Å². The number of hydrogen-bond donors (Lipinski definition) is 2. The summed E-state index contributed by atoms with van der Waals surface area (Å²) < 4.78 is 24.2. The van der Waals surface area contributed by atoms with Crippen molar-refractivity contribution in [2.24, 2.45) is 5.73 Å². The number of carbonyl (C=O) groups is 1. The van der Waals surface area contributed by atoms with E-state index in [1.54, 1.807) is 12.1 Å². The Balaban J connectivity index is 1.40. The highest BCUT2D eigenvalue weighted by Gasteiger charge is 2.17. The normalized spacial score (nSPS) is 12.4. The number of furan rings is 1. The number of ether oxygens (including phenoxy) is 3. The zero-order valence-electron chi connectivity index (χ0n) is 17.5. The number of nitrogens with zero attached hydrogens (tertiary/aromatic N) is 1. The minimum atomic E-state index is -1.09. The second kappa shape index (κ2) is 8.73. The van der Waals surface area contributed by atoms with Gasteiger partial charge < -0.3 is 34.0 Å². The molecule has 9 heteroatoms. The van der Waals surface area contributed by atoms with Crippen molar-refractivity contribution < 1.29 is 28.5 Å². The molecule has 170 valence electrons. The van der Waals surface area contributed by atoms with Gasteiger partial charge in [-0.05, 0) is 54.9 Å². The van der Waals surface area contributed by atoms with E-state index in [2.05, 4.69) is 0 Å². The van der Waals surface area contributed by atoms with Crippen molar-refractivity contribution in [2.75, 3.05) is 13.3 Å². The van der Waals surface area contributed by atoms with Crippen LogP contribution in [0.1, 0.15) is 27.4 Å². The Bertz CT molecular complexity index is 1340. The van der Waals surface area contributed by atoms with Crippen LogP contribution >= 0.6 is 11.6 Å². The lowest BCUT2D eigenvalue weighted by Gasteiger charge is -2.10. The van der Waals surface area contributed by atoms with Crippen LogP contribution in [0.4, 0.5) is 0 Å². The Labute approximate surface area is 194 Å². The quantitative estimate of drug-likeness (QED) is 0.393. The molecule has 0 saturated heterocycles. The number of fused-ring (bicyclic) bond motifs is 2. The van der Waals surface area contributed by atoms with Crippen LogP contribution in [-0.4, -0.2) is 29.0 Å². The Morgan fingerprint density at radius 1 is 1.12 bits per heavy atom. The van der Waals surface area contributed by atoms with Crippen LogP contribution in [0.3, 0.4) is 0 Å². The van der Waals surface area contributed by atoms with E-state index in [-0.39, 0.29) is 19.2 Å². The Morgan fingerprint density at radius 3 is 2.70 bits per heavy atom. The first kappa shape index (κ1) is 21.2. The van der Waals surface area contributed by atoms with Crippen molar-refractivity contribution in [3.63, 3.8) is 0 Å². The molecule has 0 aliphatic carbocycles. The lowest BCUT2D eigenvalue weighted by Crippen LogP contribution is -2.02. The van der Waals surface area contributed by atoms with E-state index < -0.39 is 5.97 Å². The summed E-state index contributed by atoms with van der Waals surface area (Å²) in [6.45, 7) is 1.36. The van der Waals surface area contributed by atoms with Gasteiger partial charge in [-0.3, -0.25) is 0 Å². The molecule has 33 heavy (non-hydrogen) atoms. The fourth-order valence-electron chi connectivity index (χ4n) is 3.90. The first-order valence-corrected chi connectivity index (χ1v) is 10.7. The first-order valence-electron chi connectivity index (χ1n) is 10.4. The third kappa shape index (κ3) is 4.22. The molecule has 0 atom stereocenters. The van der Waals surface area contributed by atoms with Crippen LogP contribution in [0.15, 0.2) is 53.1 Å². The van der Waals surface area contributed by atoms with Gasteiger partial charge in [0.2, 0.25) is 12.6 Å². The SMILES string of the molecule is NCCc1cn(Cc2ccc(C(=O)O)o2)c2ccc(OCc3cc4c(cc3Cl)OCO4)cc12.